The Bertz CT molecular complexity index is 537. The Balaban J connectivity index is 2.03. The van der Waals surface area contributed by atoms with Crippen LogP contribution in [0.4, 0.5) is 5.69 Å². The molecule has 1 aromatic heterocycles. The molecule has 0 aliphatic rings. The maximum absolute atomic E-state index is 10.6. The van der Waals surface area contributed by atoms with Crippen molar-refractivity contribution in [2.24, 2.45) is 0 Å². The van der Waals surface area contributed by atoms with Gasteiger partial charge in [-0.2, -0.15) is 0 Å². The van der Waals surface area contributed by atoms with E-state index in [-0.39, 0.29) is 22.7 Å². The van der Waals surface area contributed by atoms with Crippen LogP contribution >= 0.6 is 11.3 Å². The van der Waals surface area contributed by atoms with Crippen LogP contribution in [0, 0.1) is 10.1 Å². The average molecular weight is 276 g/mol. The standard InChI is InChI=1S/C14H16N2O2S/c1-10(15-11(2)14-4-3-9-19-14)12-5-7-13(8-6-12)16(17)18/h3-11,15H,1-2H3/t10?,11-/m0/s1. The number of hydrogen-bond acceptors (Lipinski definition) is 4. The fourth-order valence-electron chi connectivity index (χ4n) is 1.98. The third-order valence-electron chi connectivity index (χ3n) is 3.07. The highest BCUT2D eigenvalue weighted by Gasteiger charge is 2.13. The molecule has 0 aliphatic carbocycles. The lowest BCUT2D eigenvalue weighted by molar-refractivity contribution is -0.384. The molecule has 0 aliphatic heterocycles. The molecule has 0 saturated carbocycles. The van der Waals surface area contributed by atoms with Gasteiger partial charge in [0, 0.05) is 29.1 Å². The molecule has 0 bridgehead atoms. The summed E-state index contributed by atoms with van der Waals surface area (Å²) in [4.78, 5) is 11.5. The van der Waals surface area contributed by atoms with Gasteiger partial charge < -0.3 is 5.32 Å². The summed E-state index contributed by atoms with van der Waals surface area (Å²) in [5, 5.41) is 16.2. The Morgan fingerprint density at radius 2 is 1.84 bits per heavy atom. The predicted molar refractivity (Wildman–Crippen MR) is 77.4 cm³/mol. The van der Waals surface area contributed by atoms with Crippen molar-refractivity contribution in [3.63, 3.8) is 0 Å². The van der Waals surface area contributed by atoms with Gasteiger partial charge in [-0.1, -0.05) is 18.2 Å². The van der Waals surface area contributed by atoms with E-state index in [1.54, 1.807) is 35.6 Å². The normalized spacial score (nSPS) is 14.0. The van der Waals surface area contributed by atoms with Gasteiger partial charge in [0.05, 0.1) is 4.92 Å². The molecule has 19 heavy (non-hydrogen) atoms. The highest BCUT2D eigenvalue weighted by atomic mass is 32.1. The zero-order valence-electron chi connectivity index (χ0n) is 10.9. The molecular weight excluding hydrogens is 260 g/mol. The highest BCUT2D eigenvalue weighted by molar-refractivity contribution is 7.10. The number of nitrogens with one attached hydrogen (secondary N) is 1. The van der Waals surface area contributed by atoms with Crippen LogP contribution in [-0.2, 0) is 0 Å². The Morgan fingerprint density at radius 1 is 1.16 bits per heavy atom. The second kappa shape index (κ2) is 5.95. The molecule has 1 N–H and O–H groups in total. The van der Waals surface area contributed by atoms with Crippen molar-refractivity contribution < 1.29 is 4.92 Å². The summed E-state index contributed by atoms with van der Waals surface area (Å²) in [7, 11) is 0. The van der Waals surface area contributed by atoms with Crippen LogP contribution in [-0.4, -0.2) is 4.92 Å². The summed E-state index contributed by atoms with van der Waals surface area (Å²) in [6, 6.07) is 11.3. The summed E-state index contributed by atoms with van der Waals surface area (Å²) >= 11 is 1.72. The van der Waals surface area contributed by atoms with Crippen molar-refractivity contribution in [1.29, 1.82) is 0 Å². The van der Waals surface area contributed by atoms with Crippen LogP contribution in [0.1, 0.15) is 36.4 Å². The molecular formula is C14H16N2O2S. The van der Waals surface area contributed by atoms with Gasteiger partial charge in [-0.25, -0.2) is 0 Å². The molecule has 4 nitrogen and oxygen atoms in total. The van der Waals surface area contributed by atoms with Crippen LogP contribution in [0.3, 0.4) is 0 Å². The summed E-state index contributed by atoms with van der Waals surface area (Å²) in [6.45, 7) is 4.18. The first kappa shape index (κ1) is 13.7. The van der Waals surface area contributed by atoms with Crippen molar-refractivity contribution in [3.8, 4) is 0 Å². The Morgan fingerprint density at radius 3 is 2.37 bits per heavy atom. The molecule has 5 heteroatoms. The Hall–Kier alpha value is -1.72. The molecule has 2 aromatic rings. The second-order valence-electron chi connectivity index (χ2n) is 4.47. The van der Waals surface area contributed by atoms with Crippen LogP contribution in [0.15, 0.2) is 41.8 Å². The van der Waals surface area contributed by atoms with Gasteiger partial charge in [0.15, 0.2) is 0 Å². The van der Waals surface area contributed by atoms with Gasteiger partial charge >= 0.3 is 0 Å². The molecule has 0 saturated heterocycles. The van der Waals surface area contributed by atoms with Crippen molar-refractivity contribution in [2.75, 3.05) is 0 Å². The molecule has 2 atom stereocenters. The van der Waals surface area contributed by atoms with Crippen LogP contribution in [0.5, 0.6) is 0 Å². The number of rotatable bonds is 5. The Labute approximate surface area is 116 Å². The van der Waals surface area contributed by atoms with Gasteiger partial charge in [-0.3, -0.25) is 10.1 Å². The zero-order valence-corrected chi connectivity index (χ0v) is 11.7. The quantitative estimate of drug-likeness (QED) is 0.661. The summed E-state index contributed by atoms with van der Waals surface area (Å²) in [6.07, 6.45) is 0. The first-order valence-corrected chi connectivity index (χ1v) is 6.99. The van der Waals surface area contributed by atoms with E-state index in [1.165, 1.54) is 4.88 Å². The third kappa shape index (κ3) is 3.39. The lowest BCUT2D eigenvalue weighted by Crippen LogP contribution is -2.21. The summed E-state index contributed by atoms with van der Waals surface area (Å²) in [5.74, 6) is 0. The number of non-ortho nitro benzene ring substituents is 1. The maximum Gasteiger partial charge on any atom is 0.269 e. The van der Waals surface area contributed by atoms with E-state index < -0.39 is 0 Å². The molecule has 0 amide bonds. The highest BCUT2D eigenvalue weighted by Crippen LogP contribution is 2.23. The smallest absolute Gasteiger partial charge is 0.269 e. The zero-order chi connectivity index (χ0) is 13.8. The fraction of sp³-hybridized carbons (Fsp3) is 0.286. The van der Waals surface area contributed by atoms with Gasteiger partial charge in [-0.05, 0) is 30.9 Å². The first-order valence-electron chi connectivity index (χ1n) is 6.11. The second-order valence-corrected chi connectivity index (χ2v) is 5.45. The molecule has 0 fully saturated rings. The number of nitro benzene ring substituents is 1. The first-order chi connectivity index (χ1) is 9.08. The van der Waals surface area contributed by atoms with Crippen LogP contribution in [0.2, 0.25) is 0 Å². The average Bonchev–Trinajstić information content (AvgIpc) is 2.92. The molecule has 0 spiro atoms. The fourth-order valence-corrected chi connectivity index (χ4v) is 2.72. The van der Waals surface area contributed by atoms with Gasteiger partial charge in [0.25, 0.3) is 5.69 Å². The molecule has 100 valence electrons. The SMILES string of the molecule is CC(N[C@@H](C)c1cccs1)c1ccc([N+](=O)[O-])cc1. The molecule has 0 radical (unpaired) electrons. The topological polar surface area (TPSA) is 55.2 Å². The number of hydrogen-bond donors (Lipinski definition) is 1. The van der Waals surface area contributed by atoms with Gasteiger partial charge in [0.1, 0.15) is 0 Å². The molecule has 1 unspecified atom stereocenters. The molecule has 1 aromatic carbocycles. The number of benzene rings is 1. The van der Waals surface area contributed by atoms with E-state index in [4.69, 9.17) is 0 Å². The van der Waals surface area contributed by atoms with Gasteiger partial charge in [-0.15, -0.1) is 11.3 Å². The Kier molecular flexibility index (Phi) is 4.29. The van der Waals surface area contributed by atoms with Gasteiger partial charge in [0.2, 0.25) is 0 Å². The van der Waals surface area contributed by atoms with Crippen LogP contribution < -0.4 is 5.32 Å². The predicted octanol–water partition coefficient (Wildman–Crippen LogP) is 4.07. The van der Waals surface area contributed by atoms with E-state index in [9.17, 15) is 10.1 Å². The lowest BCUT2D eigenvalue weighted by Gasteiger charge is -2.19. The number of nitro groups is 1. The van der Waals surface area contributed by atoms with E-state index in [0.29, 0.717) is 0 Å². The van der Waals surface area contributed by atoms with Crippen molar-refractivity contribution in [2.45, 2.75) is 25.9 Å². The largest absolute Gasteiger partial charge is 0.303 e. The maximum atomic E-state index is 10.6. The minimum absolute atomic E-state index is 0.127. The van der Waals surface area contributed by atoms with E-state index in [1.807, 2.05) is 6.07 Å². The summed E-state index contributed by atoms with van der Waals surface area (Å²) < 4.78 is 0. The summed E-state index contributed by atoms with van der Waals surface area (Å²) in [5.41, 5.74) is 1.18. The van der Waals surface area contributed by atoms with Crippen molar-refractivity contribution >= 4 is 17.0 Å². The van der Waals surface area contributed by atoms with E-state index >= 15 is 0 Å². The van der Waals surface area contributed by atoms with Crippen molar-refractivity contribution in [1.82, 2.24) is 5.32 Å². The molecule has 2 rings (SSSR count). The van der Waals surface area contributed by atoms with E-state index in [0.717, 1.165) is 5.56 Å². The number of nitrogens with zero attached hydrogens (tertiary/aromatic N) is 1. The third-order valence-corrected chi connectivity index (χ3v) is 4.13. The number of thiophene rings is 1. The minimum atomic E-state index is -0.379. The lowest BCUT2D eigenvalue weighted by atomic mass is 10.1. The van der Waals surface area contributed by atoms with Crippen molar-refractivity contribution in [3.05, 3.63) is 62.3 Å². The minimum Gasteiger partial charge on any atom is -0.303 e. The van der Waals surface area contributed by atoms with Crippen LogP contribution in [0.25, 0.3) is 0 Å². The molecule has 1 heterocycles. The van der Waals surface area contributed by atoms with E-state index in [2.05, 4.69) is 30.6 Å². The monoisotopic (exact) mass is 276 g/mol.